The van der Waals surface area contributed by atoms with Crippen molar-refractivity contribution in [3.8, 4) is 11.5 Å². The van der Waals surface area contributed by atoms with E-state index < -0.39 is 0 Å². The summed E-state index contributed by atoms with van der Waals surface area (Å²) in [6, 6.07) is 3.64. The predicted molar refractivity (Wildman–Crippen MR) is 61.0 cm³/mol. The zero-order chi connectivity index (χ0) is 11.4. The number of rotatable bonds is 4. The van der Waals surface area contributed by atoms with Gasteiger partial charge in [0.2, 0.25) is 0 Å². The molecule has 1 atom stereocenters. The van der Waals surface area contributed by atoms with Crippen molar-refractivity contribution >= 4 is 11.6 Å². The molecule has 0 bridgehead atoms. The van der Waals surface area contributed by atoms with Gasteiger partial charge in [-0.05, 0) is 18.6 Å². The van der Waals surface area contributed by atoms with Crippen molar-refractivity contribution < 1.29 is 4.52 Å². The van der Waals surface area contributed by atoms with Gasteiger partial charge in [0.05, 0.1) is 5.38 Å². The molecule has 0 fully saturated rings. The molecular formula is C11H12ClN3O. The Morgan fingerprint density at radius 3 is 2.81 bits per heavy atom. The summed E-state index contributed by atoms with van der Waals surface area (Å²) < 4.78 is 5.14. The highest BCUT2D eigenvalue weighted by atomic mass is 35.5. The maximum atomic E-state index is 6.11. The van der Waals surface area contributed by atoms with Gasteiger partial charge >= 0.3 is 0 Å². The molecule has 0 aromatic carbocycles. The second kappa shape index (κ2) is 5.07. The molecule has 0 aliphatic carbocycles. The second-order valence-electron chi connectivity index (χ2n) is 3.45. The van der Waals surface area contributed by atoms with Crippen molar-refractivity contribution in [1.82, 2.24) is 15.1 Å². The van der Waals surface area contributed by atoms with Crippen LogP contribution in [0.25, 0.3) is 11.5 Å². The molecule has 2 aromatic heterocycles. The Hall–Kier alpha value is -1.42. The Bertz CT molecular complexity index is 444. The molecule has 0 amide bonds. The number of aromatic nitrogens is 3. The molecule has 2 rings (SSSR count). The van der Waals surface area contributed by atoms with Crippen LogP contribution in [0.3, 0.4) is 0 Å². The Morgan fingerprint density at radius 2 is 2.12 bits per heavy atom. The summed E-state index contributed by atoms with van der Waals surface area (Å²) in [4.78, 5) is 8.19. The van der Waals surface area contributed by atoms with Crippen LogP contribution in [-0.2, 0) is 0 Å². The first kappa shape index (κ1) is 11.1. The maximum absolute atomic E-state index is 6.11. The average Bonchev–Trinajstić information content (AvgIpc) is 2.80. The van der Waals surface area contributed by atoms with Gasteiger partial charge in [-0.25, -0.2) is 0 Å². The lowest BCUT2D eigenvalue weighted by Crippen LogP contribution is -1.92. The van der Waals surface area contributed by atoms with E-state index in [1.807, 2.05) is 12.1 Å². The van der Waals surface area contributed by atoms with E-state index in [0.717, 1.165) is 18.4 Å². The van der Waals surface area contributed by atoms with Gasteiger partial charge in [-0.2, -0.15) is 4.98 Å². The lowest BCUT2D eigenvalue weighted by molar-refractivity contribution is 0.420. The minimum Gasteiger partial charge on any atom is -0.334 e. The van der Waals surface area contributed by atoms with Crippen molar-refractivity contribution in [3.63, 3.8) is 0 Å². The molecule has 4 nitrogen and oxygen atoms in total. The largest absolute Gasteiger partial charge is 0.334 e. The molecule has 0 aliphatic heterocycles. The van der Waals surface area contributed by atoms with Gasteiger partial charge in [-0.15, -0.1) is 11.6 Å². The number of pyridine rings is 1. The van der Waals surface area contributed by atoms with Gasteiger partial charge in [-0.3, -0.25) is 4.98 Å². The number of hydrogen-bond donors (Lipinski definition) is 0. The molecule has 2 heterocycles. The van der Waals surface area contributed by atoms with Crippen molar-refractivity contribution in [2.24, 2.45) is 0 Å². The minimum absolute atomic E-state index is 0.177. The summed E-state index contributed by atoms with van der Waals surface area (Å²) in [5.41, 5.74) is 0.856. The van der Waals surface area contributed by atoms with Crippen LogP contribution in [0.1, 0.15) is 31.0 Å². The highest BCUT2D eigenvalue weighted by molar-refractivity contribution is 6.20. The van der Waals surface area contributed by atoms with E-state index in [0.29, 0.717) is 11.7 Å². The third kappa shape index (κ3) is 2.39. The van der Waals surface area contributed by atoms with E-state index in [2.05, 4.69) is 22.0 Å². The Kier molecular flexibility index (Phi) is 3.51. The third-order valence-corrected chi connectivity index (χ3v) is 2.60. The number of nitrogens with zero attached hydrogens (tertiary/aromatic N) is 3. The van der Waals surface area contributed by atoms with Gasteiger partial charge in [0.15, 0.2) is 5.82 Å². The van der Waals surface area contributed by atoms with E-state index in [1.54, 1.807) is 12.4 Å². The van der Waals surface area contributed by atoms with Crippen molar-refractivity contribution in [1.29, 1.82) is 0 Å². The van der Waals surface area contributed by atoms with Crippen molar-refractivity contribution in [3.05, 3.63) is 30.4 Å². The highest BCUT2D eigenvalue weighted by Crippen LogP contribution is 2.25. The molecule has 5 heteroatoms. The maximum Gasteiger partial charge on any atom is 0.258 e. The molecular weight excluding hydrogens is 226 g/mol. The van der Waals surface area contributed by atoms with Crippen LogP contribution in [-0.4, -0.2) is 15.1 Å². The molecule has 1 unspecified atom stereocenters. The van der Waals surface area contributed by atoms with E-state index in [9.17, 15) is 0 Å². The first-order chi connectivity index (χ1) is 7.81. The van der Waals surface area contributed by atoms with Gasteiger partial charge in [0.25, 0.3) is 5.89 Å². The molecule has 2 aromatic rings. The third-order valence-electron chi connectivity index (χ3n) is 2.19. The fraction of sp³-hybridized carbons (Fsp3) is 0.364. The molecule has 0 N–H and O–H groups in total. The van der Waals surface area contributed by atoms with Crippen LogP contribution in [0.2, 0.25) is 0 Å². The normalized spacial score (nSPS) is 12.6. The monoisotopic (exact) mass is 237 g/mol. The van der Waals surface area contributed by atoms with E-state index >= 15 is 0 Å². The Balaban J connectivity index is 2.20. The summed E-state index contributed by atoms with van der Waals surface area (Å²) in [5, 5.41) is 3.70. The minimum atomic E-state index is -0.177. The quantitative estimate of drug-likeness (QED) is 0.767. The number of alkyl halides is 1. The van der Waals surface area contributed by atoms with Crippen molar-refractivity contribution in [2.45, 2.75) is 25.1 Å². The standard InChI is InChI=1S/C11H12ClN3O/c1-2-3-9(12)10-14-11(16-15-10)8-4-6-13-7-5-8/h4-7,9H,2-3H2,1H3. The molecule has 0 saturated carbocycles. The molecule has 16 heavy (non-hydrogen) atoms. The smallest absolute Gasteiger partial charge is 0.258 e. The van der Waals surface area contributed by atoms with Crippen molar-refractivity contribution in [2.75, 3.05) is 0 Å². The van der Waals surface area contributed by atoms with Crippen LogP contribution >= 0.6 is 11.6 Å². The summed E-state index contributed by atoms with van der Waals surface area (Å²) in [7, 11) is 0. The summed E-state index contributed by atoms with van der Waals surface area (Å²) in [6.45, 7) is 2.07. The summed E-state index contributed by atoms with van der Waals surface area (Å²) in [6.07, 6.45) is 5.21. The lowest BCUT2D eigenvalue weighted by atomic mass is 10.2. The van der Waals surface area contributed by atoms with Crippen LogP contribution in [0.4, 0.5) is 0 Å². The van der Waals surface area contributed by atoms with Gasteiger partial charge in [0.1, 0.15) is 0 Å². The van der Waals surface area contributed by atoms with Gasteiger partial charge < -0.3 is 4.52 Å². The first-order valence-corrected chi connectivity index (χ1v) is 5.63. The molecule has 0 saturated heterocycles. The molecule has 0 aliphatic rings. The van der Waals surface area contributed by atoms with Crippen LogP contribution < -0.4 is 0 Å². The Morgan fingerprint density at radius 1 is 1.38 bits per heavy atom. The zero-order valence-corrected chi connectivity index (χ0v) is 9.68. The van der Waals surface area contributed by atoms with Crippen LogP contribution in [0, 0.1) is 0 Å². The lowest BCUT2D eigenvalue weighted by Gasteiger charge is -1.99. The molecule has 0 radical (unpaired) electrons. The number of halogens is 1. The van der Waals surface area contributed by atoms with Crippen LogP contribution in [0.15, 0.2) is 29.0 Å². The molecule has 84 valence electrons. The SMILES string of the molecule is CCCC(Cl)c1noc(-c2ccncc2)n1. The zero-order valence-electron chi connectivity index (χ0n) is 8.93. The van der Waals surface area contributed by atoms with E-state index in [1.165, 1.54) is 0 Å². The predicted octanol–water partition coefficient (Wildman–Crippen LogP) is 3.21. The van der Waals surface area contributed by atoms with Gasteiger partial charge in [0, 0.05) is 18.0 Å². The van der Waals surface area contributed by atoms with E-state index in [-0.39, 0.29) is 5.38 Å². The van der Waals surface area contributed by atoms with E-state index in [4.69, 9.17) is 16.1 Å². The first-order valence-electron chi connectivity index (χ1n) is 5.19. The molecule has 0 spiro atoms. The van der Waals surface area contributed by atoms with Crippen LogP contribution in [0.5, 0.6) is 0 Å². The van der Waals surface area contributed by atoms with Gasteiger partial charge in [-0.1, -0.05) is 18.5 Å². The number of hydrogen-bond acceptors (Lipinski definition) is 4. The highest BCUT2D eigenvalue weighted by Gasteiger charge is 2.15. The fourth-order valence-electron chi connectivity index (χ4n) is 1.36. The fourth-order valence-corrected chi connectivity index (χ4v) is 1.66. The second-order valence-corrected chi connectivity index (χ2v) is 3.98. The topological polar surface area (TPSA) is 51.8 Å². The average molecular weight is 238 g/mol. The Labute approximate surface area is 98.7 Å². The summed E-state index contributed by atoms with van der Waals surface area (Å²) >= 11 is 6.11. The summed E-state index contributed by atoms with van der Waals surface area (Å²) in [5.74, 6) is 1.04.